The molecule has 0 fully saturated rings. The molecule has 0 saturated heterocycles. The molecular weight excluding hydrogens is 645 g/mol. The summed E-state index contributed by atoms with van der Waals surface area (Å²) in [6, 6.07) is 64.6. The number of aromatic nitrogens is 4. The second-order valence-corrected chi connectivity index (χ2v) is 13.4. The molecule has 248 valence electrons. The number of nitrogens with zero attached hydrogens (tertiary/aromatic N) is 4. The van der Waals surface area contributed by atoms with Crippen molar-refractivity contribution in [1.29, 1.82) is 0 Å². The van der Waals surface area contributed by atoms with Gasteiger partial charge in [0.2, 0.25) is 0 Å². The lowest BCUT2D eigenvalue weighted by Crippen LogP contribution is -1.98. The molecule has 4 nitrogen and oxygen atoms in total. The first kappa shape index (κ1) is 30.6. The van der Waals surface area contributed by atoms with Crippen molar-refractivity contribution >= 4 is 32.6 Å². The van der Waals surface area contributed by atoms with Gasteiger partial charge in [-0.25, -0.2) is 0 Å². The summed E-state index contributed by atoms with van der Waals surface area (Å²) in [6.45, 7) is 0. The van der Waals surface area contributed by atoms with E-state index < -0.39 is 0 Å². The average Bonchev–Trinajstić information content (AvgIpc) is 3.68. The number of rotatable bonds is 6. The molecule has 0 spiro atoms. The number of hydrogen-bond donors (Lipinski definition) is 0. The van der Waals surface area contributed by atoms with Gasteiger partial charge in [0.1, 0.15) is 11.0 Å². The molecule has 0 atom stereocenters. The second-order valence-electron chi connectivity index (χ2n) is 13.4. The molecular formula is C49H32N4. The van der Waals surface area contributed by atoms with Crippen molar-refractivity contribution in [2.75, 3.05) is 0 Å². The zero-order chi connectivity index (χ0) is 35.1. The minimum absolute atomic E-state index is 0.836. The minimum Gasteiger partial charge on any atom is -0.265 e. The van der Waals surface area contributed by atoms with Crippen molar-refractivity contribution in [1.82, 2.24) is 20.0 Å². The van der Waals surface area contributed by atoms with E-state index in [4.69, 9.17) is 10.2 Å². The van der Waals surface area contributed by atoms with Crippen LogP contribution in [0.15, 0.2) is 194 Å². The Hall–Kier alpha value is -7.17. The molecule has 0 aliphatic carbocycles. The van der Waals surface area contributed by atoms with Gasteiger partial charge in [0, 0.05) is 18.0 Å². The number of pyridine rings is 1. The van der Waals surface area contributed by atoms with Crippen molar-refractivity contribution in [3.63, 3.8) is 0 Å². The van der Waals surface area contributed by atoms with E-state index in [-0.39, 0.29) is 0 Å². The molecule has 2 aromatic heterocycles. The maximum atomic E-state index is 5.13. The zero-order valence-corrected chi connectivity index (χ0v) is 28.8. The van der Waals surface area contributed by atoms with Gasteiger partial charge in [0.25, 0.3) is 0 Å². The van der Waals surface area contributed by atoms with Crippen molar-refractivity contribution in [3.05, 3.63) is 194 Å². The minimum atomic E-state index is 0.836. The van der Waals surface area contributed by atoms with Gasteiger partial charge in [-0.2, -0.15) is 4.80 Å². The lowest BCUT2D eigenvalue weighted by molar-refractivity contribution is 0.766. The van der Waals surface area contributed by atoms with Crippen LogP contribution >= 0.6 is 0 Å². The summed E-state index contributed by atoms with van der Waals surface area (Å²) in [6.07, 6.45) is 3.63. The molecule has 53 heavy (non-hydrogen) atoms. The first-order chi connectivity index (χ1) is 26.2. The van der Waals surface area contributed by atoms with Crippen molar-refractivity contribution < 1.29 is 0 Å². The Morgan fingerprint density at radius 1 is 0.340 bits per heavy atom. The van der Waals surface area contributed by atoms with Crippen LogP contribution in [0.5, 0.6) is 0 Å². The van der Waals surface area contributed by atoms with Crippen LogP contribution in [0.1, 0.15) is 0 Å². The van der Waals surface area contributed by atoms with Gasteiger partial charge in [-0.05, 0) is 108 Å². The summed E-state index contributed by atoms with van der Waals surface area (Å²) in [5, 5.41) is 15.2. The van der Waals surface area contributed by atoms with Gasteiger partial charge in [-0.3, -0.25) is 4.98 Å². The largest absolute Gasteiger partial charge is 0.265 e. The summed E-state index contributed by atoms with van der Waals surface area (Å²) in [7, 11) is 0. The molecule has 2 heterocycles. The summed E-state index contributed by atoms with van der Waals surface area (Å²) >= 11 is 0. The fraction of sp³-hybridized carbons (Fsp3) is 0. The summed E-state index contributed by atoms with van der Waals surface area (Å²) in [4.78, 5) is 5.95. The third kappa shape index (κ3) is 5.63. The molecule has 10 rings (SSSR count). The Morgan fingerprint density at radius 3 is 1.51 bits per heavy atom. The van der Waals surface area contributed by atoms with E-state index in [0.29, 0.717) is 0 Å². The molecule has 0 saturated carbocycles. The number of fused-ring (bicyclic) bond motifs is 3. The van der Waals surface area contributed by atoms with E-state index in [9.17, 15) is 0 Å². The Labute approximate surface area is 307 Å². The average molecular weight is 677 g/mol. The number of hydrogen-bond acceptors (Lipinski definition) is 3. The monoisotopic (exact) mass is 676 g/mol. The predicted molar refractivity (Wildman–Crippen MR) is 219 cm³/mol. The maximum absolute atomic E-state index is 5.13. The fourth-order valence-corrected chi connectivity index (χ4v) is 7.50. The Morgan fingerprint density at radius 2 is 0.868 bits per heavy atom. The van der Waals surface area contributed by atoms with Crippen LogP contribution in [0.25, 0.3) is 93.9 Å². The fourth-order valence-electron chi connectivity index (χ4n) is 7.50. The Balaban J connectivity index is 1.09. The lowest BCUT2D eigenvalue weighted by Gasteiger charge is -2.11. The highest BCUT2D eigenvalue weighted by Crippen LogP contribution is 2.37. The van der Waals surface area contributed by atoms with E-state index in [1.807, 2.05) is 24.5 Å². The highest BCUT2D eigenvalue weighted by atomic mass is 15.5. The van der Waals surface area contributed by atoms with Crippen molar-refractivity contribution in [2.45, 2.75) is 0 Å². The summed E-state index contributed by atoms with van der Waals surface area (Å²) in [5.74, 6) is 0. The zero-order valence-electron chi connectivity index (χ0n) is 28.8. The molecule has 4 heteroatoms. The van der Waals surface area contributed by atoms with E-state index >= 15 is 0 Å². The molecule has 0 aliphatic rings. The van der Waals surface area contributed by atoms with Crippen LogP contribution in [-0.2, 0) is 0 Å². The molecule has 0 bridgehead atoms. The predicted octanol–water partition coefficient (Wildman–Crippen LogP) is 12.5. The van der Waals surface area contributed by atoms with Gasteiger partial charge in [-0.1, -0.05) is 146 Å². The molecule has 0 aliphatic heterocycles. The van der Waals surface area contributed by atoms with Crippen LogP contribution < -0.4 is 0 Å². The molecule has 10 aromatic rings. The number of benzene rings is 8. The molecule has 0 amide bonds. The third-order valence-corrected chi connectivity index (χ3v) is 10.2. The highest BCUT2D eigenvalue weighted by Gasteiger charge is 2.16. The topological polar surface area (TPSA) is 43.6 Å². The third-order valence-electron chi connectivity index (χ3n) is 10.2. The van der Waals surface area contributed by atoms with E-state index in [1.54, 1.807) is 4.80 Å². The Bertz CT molecular complexity index is 2920. The van der Waals surface area contributed by atoms with Gasteiger partial charge >= 0.3 is 0 Å². The second kappa shape index (κ2) is 12.9. The SMILES string of the molecule is c1cc(-c2ccncc2)cc(-n2nc3cc(-c4ccc(-c5cccc6ccccc56)cc4)cc(-c4ccc(-c5cccc6ccccc56)cc4)c3n2)c1. The quantitative estimate of drug-likeness (QED) is 0.176. The van der Waals surface area contributed by atoms with Crippen molar-refractivity contribution in [2.24, 2.45) is 0 Å². The highest BCUT2D eigenvalue weighted by molar-refractivity contribution is 6.00. The molecule has 0 N–H and O–H groups in total. The van der Waals surface area contributed by atoms with E-state index in [2.05, 4.69) is 175 Å². The molecule has 0 unspecified atom stereocenters. The Kier molecular flexibility index (Phi) is 7.43. The maximum Gasteiger partial charge on any atom is 0.121 e. The van der Waals surface area contributed by atoms with Gasteiger partial charge < -0.3 is 0 Å². The van der Waals surface area contributed by atoms with Crippen LogP contribution in [-0.4, -0.2) is 20.0 Å². The normalized spacial score (nSPS) is 11.4. The van der Waals surface area contributed by atoms with Gasteiger partial charge in [0.05, 0.1) is 5.69 Å². The lowest BCUT2D eigenvalue weighted by atomic mass is 9.93. The molecule has 8 aromatic carbocycles. The van der Waals surface area contributed by atoms with Crippen molar-refractivity contribution in [3.8, 4) is 61.3 Å². The first-order valence-electron chi connectivity index (χ1n) is 17.8. The summed E-state index contributed by atoms with van der Waals surface area (Å²) < 4.78 is 0. The van der Waals surface area contributed by atoms with Crippen LogP contribution in [0.3, 0.4) is 0 Å². The molecule has 0 radical (unpaired) electrons. The van der Waals surface area contributed by atoms with Crippen LogP contribution in [0, 0.1) is 0 Å². The van der Waals surface area contributed by atoms with Gasteiger partial charge in [-0.15, -0.1) is 10.2 Å². The van der Waals surface area contributed by atoms with E-state index in [0.717, 1.165) is 50.1 Å². The standard InChI is InChI=1S/C49H32N4/c1-3-14-43-35(8-1)10-6-16-45(43)37-20-18-33(19-21-37)41-31-47(39-24-22-38(23-25-39)46-17-7-11-36-9-2-4-15-44(36)46)49-48(32-41)51-53(52-49)42-13-5-12-40(30-42)34-26-28-50-29-27-34/h1-32H. The van der Waals surface area contributed by atoms with Gasteiger partial charge in [0.15, 0.2) is 0 Å². The van der Waals surface area contributed by atoms with Crippen LogP contribution in [0.4, 0.5) is 0 Å². The smallest absolute Gasteiger partial charge is 0.121 e. The van der Waals surface area contributed by atoms with Crippen LogP contribution in [0.2, 0.25) is 0 Å². The van der Waals surface area contributed by atoms with E-state index in [1.165, 1.54) is 43.8 Å². The summed E-state index contributed by atoms with van der Waals surface area (Å²) in [5.41, 5.74) is 13.9. The first-order valence-corrected chi connectivity index (χ1v) is 17.8.